The molecule has 0 rings (SSSR count). The topological polar surface area (TPSA) is 98.5 Å². The van der Waals surface area contributed by atoms with E-state index in [1.54, 1.807) is 13.8 Å². The summed E-state index contributed by atoms with van der Waals surface area (Å²) in [4.78, 5) is 11.1. The van der Waals surface area contributed by atoms with E-state index in [9.17, 15) is 13.2 Å². The summed E-state index contributed by atoms with van der Waals surface area (Å²) in [6, 6.07) is 0. The Balaban J connectivity index is 4.52. The van der Waals surface area contributed by atoms with Gasteiger partial charge in [-0.15, -0.1) is 0 Å². The van der Waals surface area contributed by atoms with Crippen LogP contribution >= 0.6 is 0 Å². The number of carbonyl (C=O) groups is 1. The van der Waals surface area contributed by atoms with Crippen LogP contribution in [0.25, 0.3) is 0 Å². The van der Waals surface area contributed by atoms with Gasteiger partial charge in [0.2, 0.25) is 10.0 Å². The quantitative estimate of drug-likeness (QED) is 0.620. The number of carbonyl (C=O) groups excluding carboxylic acids is 1. The van der Waals surface area contributed by atoms with Crippen molar-refractivity contribution in [2.45, 2.75) is 39.7 Å². The Morgan fingerprint density at radius 2 is 2.00 bits per heavy atom. The van der Waals surface area contributed by atoms with Gasteiger partial charge in [0.1, 0.15) is 0 Å². The summed E-state index contributed by atoms with van der Waals surface area (Å²) in [6.45, 7) is 7.65. The van der Waals surface area contributed by atoms with E-state index < -0.39 is 21.5 Å². The molecule has 0 aliphatic rings. The van der Waals surface area contributed by atoms with Crippen molar-refractivity contribution in [2.75, 3.05) is 18.9 Å². The Hall–Kier alpha value is -0.660. The summed E-state index contributed by atoms with van der Waals surface area (Å²) in [5.41, 5.74) is 4.90. The number of nitrogens with two attached hydrogens (primary N) is 1. The molecule has 7 heteroatoms. The fraction of sp³-hybridized carbons (Fsp3) is 0.909. The third-order valence-corrected chi connectivity index (χ3v) is 4.49. The predicted octanol–water partition coefficient (Wildman–Crippen LogP) is 0.232. The van der Waals surface area contributed by atoms with Crippen LogP contribution < -0.4 is 10.5 Å². The van der Waals surface area contributed by atoms with Gasteiger partial charge in [0.25, 0.3) is 0 Å². The molecule has 0 aromatic rings. The maximum atomic E-state index is 11.8. The number of nitrogens with one attached hydrogen (secondary N) is 1. The zero-order valence-electron chi connectivity index (χ0n) is 11.5. The second-order valence-electron chi connectivity index (χ2n) is 4.75. The molecule has 108 valence electrons. The van der Waals surface area contributed by atoms with E-state index in [2.05, 4.69) is 9.46 Å². The molecular weight excluding hydrogens is 256 g/mol. The van der Waals surface area contributed by atoms with Gasteiger partial charge in [-0.1, -0.05) is 13.8 Å². The molecule has 0 fully saturated rings. The highest BCUT2D eigenvalue weighted by Crippen LogP contribution is 2.16. The number of hydrogen-bond donors (Lipinski definition) is 2. The lowest BCUT2D eigenvalue weighted by Crippen LogP contribution is -2.55. The first-order chi connectivity index (χ1) is 8.17. The van der Waals surface area contributed by atoms with Gasteiger partial charge in [-0.05, 0) is 19.8 Å². The highest BCUT2D eigenvalue weighted by Gasteiger charge is 2.31. The SMILES string of the molecule is CCOC(=O)CCS(=O)(=O)NC(C)(CN)C(C)C. The van der Waals surface area contributed by atoms with Gasteiger partial charge in [0.15, 0.2) is 0 Å². The minimum absolute atomic E-state index is 0.0554. The summed E-state index contributed by atoms with van der Waals surface area (Å²) in [6.07, 6.45) is -0.151. The van der Waals surface area contributed by atoms with Crippen LogP contribution in [0.4, 0.5) is 0 Å². The van der Waals surface area contributed by atoms with Crippen molar-refractivity contribution in [3.05, 3.63) is 0 Å². The molecule has 0 heterocycles. The molecule has 0 bridgehead atoms. The first-order valence-corrected chi connectivity index (χ1v) is 7.69. The minimum atomic E-state index is -3.54. The zero-order valence-corrected chi connectivity index (χ0v) is 12.3. The molecule has 6 nitrogen and oxygen atoms in total. The lowest BCUT2D eigenvalue weighted by Gasteiger charge is -2.33. The first-order valence-electron chi connectivity index (χ1n) is 6.04. The number of rotatable bonds is 8. The summed E-state index contributed by atoms with van der Waals surface area (Å²) >= 11 is 0. The third-order valence-electron chi connectivity index (χ3n) is 2.97. The second-order valence-corrected chi connectivity index (χ2v) is 6.59. The van der Waals surface area contributed by atoms with Gasteiger partial charge in [-0.3, -0.25) is 4.79 Å². The Morgan fingerprint density at radius 3 is 2.39 bits per heavy atom. The lowest BCUT2D eigenvalue weighted by molar-refractivity contribution is -0.142. The molecule has 1 unspecified atom stereocenters. The fourth-order valence-electron chi connectivity index (χ4n) is 1.25. The number of sulfonamides is 1. The molecule has 0 spiro atoms. The molecule has 0 amide bonds. The van der Waals surface area contributed by atoms with E-state index in [1.165, 1.54) is 0 Å². The van der Waals surface area contributed by atoms with E-state index in [4.69, 9.17) is 5.73 Å². The summed E-state index contributed by atoms with van der Waals surface area (Å²) in [7, 11) is -3.54. The van der Waals surface area contributed by atoms with Crippen molar-refractivity contribution >= 4 is 16.0 Å². The largest absolute Gasteiger partial charge is 0.466 e. The zero-order chi connectivity index (χ0) is 14.4. The molecule has 0 saturated heterocycles. The fourth-order valence-corrected chi connectivity index (χ4v) is 2.82. The van der Waals surface area contributed by atoms with Gasteiger partial charge in [0, 0.05) is 12.1 Å². The van der Waals surface area contributed by atoms with Gasteiger partial charge < -0.3 is 10.5 Å². The Labute approximate surface area is 109 Å². The highest BCUT2D eigenvalue weighted by atomic mass is 32.2. The van der Waals surface area contributed by atoms with Crippen molar-refractivity contribution in [3.63, 3.8) is 0 Å². The van der Waals surface area contributed by atoms with Gasteiger partial charge in [0.05, 0.1) is 18.8 Å². The van der Waals surface area contributed by atoms with Crippen LogP contribution in [0, 0.1) is 5.92 Å². The summed E-state index contributed by atoms with van der Waals surface area (Å²) in [5.74, 6) is -0.740. The highest BCUT2D eigenvalue weighted by molar-refractivity contribution is 7.89. The van der Waals surface area contributed by atoms with Crippen LogP contribution in [0.15, 0.2) is 0 Å². The van der Waals surface area contributed by atoms with E-state index in [-0.39, 0.29) is 31.2 Å². The Bertz CT molecular complexity index is 367. The molecule has 0 aliphatic heterocycles. The molecule has 0 aromatic heterocycles. The predicted molar refractivity (Wildman–Crippen MR) is 70.5 cm³/mol. The van der Waals surface area contributed by atoms with Crippen molar-refractivity contribution < 1.29 is 17.9 Å². The van der Waals surface area contributed by atoms with Crippen molar-refractivity contribution in [3.8, 4) is 0 Å². The maximum absolute atomic E-state index is 11.8. The van der Waals surface area contributed by atoms with Crippen LogP contribution in [0.1, 0.15) is 34.1 Å². The number of hydrogen-bond acceptors (Lipinski definition) is 5. The Kier molecular flexibility index (Phi) is 6.80. The van der Waals surface area contributed by atoms with Gasteiger partial charge in [-0.2, -0.15) is 0 Å². The molecule has 0 saturated carbocycles. The van der Waals surface area contributed by atoms with Crippen LogP contribution in [0.5, 0.6) is 0 Å². The van der Waals surface area contributed by atoms with Crippen molar-refractivity contribution in [1.29, 1.82) is 0 Å². The maximum Gasteiger partial charge on any atom is 0.306 e. The smallest absolute Gasteiger partial charge is 0.306 e. The molecule has 3 N–H and O–H groups in total. The van der Waals surface area contributed by atoms with E-state index in [0.29, 0.717) is 0 Å². The summed E-state index contributed by atoms with van der Waals surface area (Å²) in [5, 5.41) is 0. The molecule has 1 atom stereocenters. The first kappa shape index (κ1) is 17.3. The second kappa shape index (κ2) is 7.06. The van der Waals surface area contributed by atoms with Crippen LogP contribution in [-0.4, -0.2) is 38.8 Å². The van der Waals surface area contributed by atoms with E-state index >= 15 is 0 Å². The molecule has 0 aliphatic carbocycles. The van der Waals surface area contributed by atoms with Crippen LogP contribution in [-0.2, 0) is 19.6 Å². The number of ether oxygens (including phenoxy) is 1. The van der Waals surface area contributed by atoms with Crippen molar-refractivity contribution in [2.24, 2.45) is 11.7 Å². The average molecular weight is 280 g/mol. The average Bonchev–Trinajstić information content (AvgIpc) is 2.26. The minimum Gasteiger partial charge on any atom is -0.466 e. The third kappa shape index (κ3) is 5.79. The molecule has 18 heavy (non-hydrogen) atoms. The van der Waals surface area contributed by atoms with Crippen LogP contribution in [0.2, 0.25) is 0 Å². The lowest BCUT2D eigenvalue weighted by atomic mass is 9.90. The molecule has 0 radical (unpaired) electrons. The Morgan fingerprint density at radius 1 is 1.44 bits per heavy atom. The van der Waals surface area contributed by atoms with Gasteiger partial charge >= 0.3 is 5.97 Å². The standard InChI is InChI=1S/C11H24N2O4S/c1-5-17-10(14)6-7-18(15,16)13-11(4,8-12)9(2)3/h9,13H,5-8,12H2,1-4H3. The monoisotopic (exact) mass is 280 g/mol. The van der Waals surface area contributed by atoms with Gasteiger partial charge in [-0.25, -0.2) is 13.1 Å². The normalized spacial score (nSPS) is 15.4. The number of esters is 1. The van der Waals surface area contributed by atoms with Crippen molar-refractivity contribution in [1.82, 2.24) is 4.72 Å². The van der Waals surface area contributed by atoms with Crippen LogP contribution in [0.3, 0.4) is 0 Å². The summed E-state index contributed by atoms with van der Waals surface area (Å²) < 4.78 is 30.9. The van der Waals surface area contributed by atoms with E-state index in [0.717, 1.165) is 0 Å². The van der Waals surface area contributed by atoms with E-state index in [1.807, 2.05) is 13.8 Å². The molecule has 0 aromatic carbocycles. The molecular formula is C11H24N2O4S.